The molecule has 0 radical (unpaired) electrons. The Morgan fingerprint density at radius 2 is 1.71 bits per heavy atom. The molecular weight excluding hydrogens is 282 g/mol. The lowest BCUT2D eigenvalue weighted by molar-refractivity contribution is 0.174. The smallest absolute Gasteiger partial charge is 0.148 e. The molecule has 3 nitrogen and oxygen atoms in total. The van der Waals surface area contributed by atoms with Gasteiger partial charge in [0.2, 0.25) is 0 Å². The molecule has 21 heavy (non-hydrogen) atoms. The number of thiophene rings is 1. The Hall–Kier alpha value is -1.52. The van der Waals surface area contributed by atoms with E-state index in [1.165, 1.54) is 9.75 Å². The molecule has 2 aromatic rings. The second-order valence-corrected chi connectivity index (χ2v) is 6.28. The predicted molar refractivity (Wildman–Crippen MR) is 88.3 cm³/mol. The highest BCUT2D eigenvalue weighted by Crippen LogP contribution is 2.31. The third-order valence-electron chi connectivity index (χ3n) is 3.30. The Labute approximate surface area is 130 Å². The highest BCUT2D eigenvalue weighted by molar-refractivity contribution is 7.12. The first-order valence-corrected chi connectivity index (χ1v) is 8.17. The van der Waals surface area contributed by atoms with Gasteiger partial charge in [-0.1, -0.05) is 6.92 Å². The molecule has 0 spiro atoms. The number of hydrogen-bond donors (Lipinski definition) is 1. The first kappa shape index (κ1) is 15.9. The minimum absolute atomic E-state index is 0.0189. The molecule has 1 heterocycles. The molecule has 2 rings (SSSR count). The van der Waals surface area contributed by atoms with E-state index in [1.54, 1.807) is 11.3 Å². The Balaban J connectivity index is 2.15. The predicted octanol–water partition coefficient (Wildman–Crippen LogP) is 4.31. The molecular formula is C17H23NO2S. The van der Waals surface area contributed by atoms with Crippen molar-refractivity contribution >= 4 is 11.3 Å². The average Bonchev–Trinajstić information content (AvgIpc) is 2.92. The second-order valence-electron chi connectivity index (χ2n) is 4.96. The molecule has 0 fully saturated rings. The van der Waals surface area contributed by atoms with E-state index in [0.29, 0.717) is 6.61 Å². The van der Waals surface area contributed by atoms with E-state index in [-0.39, 0.29) is 12.1 Å². The van der Waals surface area contributed by atoms with Crippen LogP contribution in [0.5, 0.6) is 11.5 Å². The van der Waals surface area contributed by atoms with E-state index < -0.39 is 0 Å². The summed E-state index contributed by atoms with van der Waals surface area (Å²) in [7, 11) is 0. The molecule has 1 aromatic heterocycles. The monoisotopic (exact) mass is 305 g/mol. The van der Waals surface area contributed by atoms with Crippen LogP contribution >= 0.6 is 11.3 Å². The Kier molecular flexibility index (Phi) is 5.65. The minimum atomic E-state index is -0.105. The van der Waals surface area contributed by atoms with Crippen LogP contribution in [0.2, 0.25) is 0 Å². The van der Waals surface area contributed by atoms with Gasteiger partial charge in [-0.2, -0.15) is 0 Å². The number of benzene rings is 1. The van der Waals surface area contributed by atoms with Crippen LogP contribution in [0.25, 0.3) is 0 Å². The van der Waals surface area contributed by atoms with Crippen molar-refractivity contribution in [3.8, 4) is 11.5 Å². The van der Waals surface area contributed by atoms with Crippen LogP contribution in [-0.4, -0.2) is 12.6 Å². The number of ether oxygens (including phenoxy) is 2. The summed E-state index contributed by atoms with van der Waals surface area (Å²) in [6.07, 6.45) is 0.769. The molecule has 0 aliphatic heterocycles. The van der Waals surface area contributed by atoms with Gasteiger partial charge in [-0.3, -0.25) is 0 Å². The molecule has 0 saturated carbocycles. The van der Waals surface area contributed by atoms with Gasteiger partial charge in [-0.25, -0.2) is 0 Å². The van der Waals surface area contributed by atoms with E-state index in [4.69, 9.17) is 15.2 Å². The zero-order valence-corrected chi connectivity index (χ0v) is 13.7. The van der Waals surface area contributed by atoms with Gasteiger partial charge in [-0.15, -0.1) is 11.3 Å². The van der Waals surface area contributed by atoms with E-state index in [9.17, 15) is 0 Å². The molecule has 0 bridgehead atoms. The molecule has 114 valence electrons. The van der Waals surface area contributed by atoms with Crippen molar-refractivity contribution in [1.29, 1.82) is 0 Å². The number of aryl methyl sites for hydroxylation is 1. The molecule has 2 atom stereocenters. The fourth-order valence-electron chi connectivity index (χ4n) is 2.10. The van der Waals surface area contributed by atoms with Crippen LogP contribution < -0.4 is 15.2 Å². The number of nitrogens with two attached hydrogens (primary N) is 1. The SMILES string of the molecule is CCOc1ccc(OC(c2ccc(C)s2)C(N)CC)cc1. The summed E-state index contributed by atoms with van der Waals surface area (Å²) in [4.78, 5) is 2.45. The van der Waals surface area contributed by atoms with E-state index in [0.717, 1.165) is 17.9 Å². The maximum atomic E-state index is 6.24. The molecule has 0 saturated heterocycles. The maximum absolute atomic E-state index is 6.24. The van der Waals surface area contributed by atoms with E-state index in [1.807, 2.05) is 31.2 Å². The first-order chi connectivity index (χ1) is 10.1. The molecule has 2 unspecified atom stereocenters. The zero-order valence-electron chi connectivity index (χ0n) is 12.8. The summed E-state index contributed by atoms with van der Waals surface area (Å²) >= 11 is 1.74. The third kappa shape index (κ3) is 4.22. The standard InChI is InChI=1S/C17H23NO2S/c1-4-15(18)17(16-11-6-12(3)21-16)20-14-9-7-13(8-10-14)19-5-2/h6-11,15,17H,4-5,18H2,1-3H3. The van der Waals surface area contributed by atoms with Crippen molar-refractivity contribution in [2.24, 2.45) is 5.73 Å². The fourth-order valence-corrected chi connectivity index (χ4v) is 3.09. The summed E-state index contributed by atoms with van der Waals surface area (Å²) in [6, 6.07) is 11.9. The first-order valence-electron chi connectivity index (χ1n) is 7.35. The van der Waals surface area contributed by atoms with Crippen LogP contribution in [0.1, 0.15) is 36.1 Å². The van der Waals surface area contributed by atoms with Gasteiger partial charge in [0.05, 0.1) is 6.61 Å². The van der Waals surface area contributed by atoms with Crippen molar-refractivity contribution in [3.63, 3.8) is 0 Å². The molecule has 0 aliphatic rings. The summed E-state index contributed by atoms with van der Waals surface area (Å²) in [6.45, 7) is 6.82. The zero-order chi connectivity index (χ0) is 15.2. The number of hydrogen-bond acceptors (Lipinski definition) is 4. The van der Waals surface area contributed by atoms with Crippen molar-refractivity contribution in [2.45, 2.75) is 39.3 Å². The lowest BCUT2D eigenvalue weighted by Crippen LogP contribution is -2.30. The Morgan fingerprint density at radius 1 is 1.05 bits per heavy atom. The summed E-state index contributed by atoms with van der Waals surface area (Å²) < 4.78 is 11.6. The van der Waals surface area contributed by atoms with Gasteiger partial charge in [0, 0.05) is 15.8 Å². The topological polar surface area (TPSA) is 44.5 Å². The van der Waals surface area contributed by atoms with Gasteiger partial charge in [0.25, 0.3) is 0 Å². The number of rotatable bonds is 7. The molecule has 0 aliphatic carbocycles. The van der Waals surface area contributed by atoms with Crippen LogP contribution in [0.4, 0.5) is 0 Å². The highest BCUT2D eigenvalue weighted by Gasteiger charge is 2.22. The van der Waals surface area contributed by atoms with E-state index in [2.05, 4.69) is 26.0 Å². The van der Waals surface area contributed by atoms with Gasteiger partial charge >= 0.3 is 0 Å². The molecule has 2 N–H and O–H groups in total. The summed E-state index contributed by atoms with van der Waals surface area (Å²) in [5.74, 6) is 1.67. The summed E-state index contributed by atoms with van der Waals surface area (Å²) in [5, 5.41) is 0. The Bertz CT molecular complexity index is 550. The van der Waals surface area contributed by atoms with Crippen molar-refractivity contribution in [3.05, 3.63) is 46.2 Å². The normalized spacial score (nSPS) is 13.7. The Morgan fingerprint density at radius 3 is 2.24 bits per heavy atom. The molecule has 1 aromatic carbocycles. The summed E-state index contributed by atoms with van der Waals surface area (Å²) in [5.41, 5.74) is 6.24. The van der Waals surface area contributed by atoms with Crippen LogP contribution in [-0.2, 0) is 0 Å². The molecule has 4 heteroatoms. The van der Waals surface area contributed by atoms with Gasteiger partial charge in [0.15, 0.2) is 0 Å². The van der Waals surface area contributed by atoms with Gasteiger partial charge in [-0.05, 0) is 56.7 Å². The van der Waals surface area contributed by atoms with Crippen molar-refractivity contribution < 1.29 is 9.47 Å². The highest BCUT2D eigenvalue weighted by atomic mass is 32.1. The van der Waals surface area contributed by atoms with Crippen LogP contribution in [0.3, 0.4) is 0 Å². The quantitative estimate of drug-likeness (QED) is 0.829. The van der Waals surface area contributed by atoms with Crippen molar-refractivity contribution in [1.82, 2.24) is 0 Å². The minimum Gasteiger partial charge on any atom is -0.494 e. The fraction of sp³-hybridized carbons (Fsp3) is 0.412. The maximum Gasteiger partial charge on any atom is 0.148 e. The van der Waals surface area contributed by atoms with Crippen molar-refractivity contribution in [2.75, 3.05) is 6.61 Å². The molecule has 0 amide bonds. The second kappa shape index (κ2) is 7.48. The lowest BCUT2D eigenvalue weighted by Gasteiger charge is -2.23. The van der Waals surface area contributed by atoms with E-state index >= 15 is 0 Å². The van der Waals surface area contributed by atoms with Gasteiger partial charge in [0.1, 0.15) is 17.6 Å². The average molecular weight is 305 g/mol. The van der Waals surface area contributed by atoms with Gasteiger partial charge < -0.3 is 15.2 Å². The van der Waals surface area contributed by atoms with Crippen LogP contribution in [0, 0.1) is 6.92 Å². The van der Waals surface area contributed by atoms with Crippen LogP contribution in [0.15, 0.2) is 36.4 Å². The largest absolute Gasteiger partial charge is 0.494 e. The lowest BCUT2D eigenvalue weighted by atomic mass is 10.1. The third-order valence-corrected chi connectivity index (χ3v) is 4.36.